The average molecular weight is 301 g/mol. The van der Waals surface area contributed by atoms with Gasteiger partial charge in [-0.05, 0) is 18.2 Å². The summed E-state index contributed by atoms with van der Waals surface area (Å²) in [6.07, 6.45) is 0. The van der Waals surface area contributed by atoms with Crippen LogP contribution >= 0.6 is 0 Å². The summed E-state index contributed by atoms with van der Waals surface area (Å²) in [4.78, 5) is 0.159. The molecule has 4 N–H and O–H groups in total. The van der Waals surface area contributed by atoms with Gasteiger partial charge in [0, 0.05) is 32.7 Å². The van der Waals surface area contributed by atoms with E-state index < -0.39 is 10.0 Å². The number of nitrogens with one attached hydrogen (secondary N) is 1. The first-order chi connectivity index (χ1) is 9.10. The topological polar surface area (TPSA) is 95.7 Å². The molecular weight excluding hydrogens is 278 g/mol. The van der Waals surface area contributed by atoms with Gasteiger partial charge in [0.2, 0.25) is 10.0 Å². The number of nitrogen functional groups attached to an aromatic ring is 1. The van der Waals surface area contributed by atoms with Crippen LogP contribution in [0.2, 0.25) is 0 Å². The molecule has 0 aliphatic carbocycles. The number of aliphatic hydroxyl groups excluding tert-OH is 1. The highest BCUT2D eigenvalue weighted by molar-refractivity contribution is 7.89. The average Bonchev–Trinajstić information content (AvgIpc) is 2.37. The Morgan fingerprint density at radius 2 is 1.95 bits per heavy atom. The normalized spacial score (nSPS) is 12.7. The van der Waals surface area contributed by atoms with Crippen LogP contribution in [0.3, 0.4) is 0 Å². The van der Waals surface area contributed by atoms with Crippen LogP contribution in [0.25, 0.3) is 0 Å². The number of anilines is 2. The minimum Gasteiger partial charge on any atom is -0.397 e. The molecule has 1 rings (SSSR count). The molecule has 20 heavy (non-hydrogen) atoms. The number of aliphatic hydroxyl groups is 1. The minimum atomic E-state index is -3.48. The van der Waals surface area contributed by atoms with Crippen molar-refractivity contribution in [1.29, 1.82) is 0 Å². The Morgan fingerprint density at radius 3 is 2.40 bits per heavy atom. The lowest BCUT2D eigenvalue weighted by atomic mass is 9.95. The molecular formula is C13H23N3O3S. The van der Waals surface area contributed by atoms with Crippen LogP contribution in [-0.2, 0) is 10.0 Å². The number of nitrogens with two attached hydrogens (primary N) is 1. The van der Waals surface area contributed by atoms with E-state index in [4.69, 9.17) is 5.73 Å². The molecule has 1 aromatic carbocycles. The summed E-state index contributed by atoms with van der Waals surface area (Å²) in [7, 11) is -0.531. The largest absolute Gasteiger partial charge is 0.397 e. The van der Waals surface area contributed by atoms with Gasteiger partial charge in [0.05, 0.1) is 16.3 Å². The number of hydrogen-bond donors (Lipinski definition) is 3. The highest BCUT2D eigenvalue weighted by Crippen LogP contribution is 2.25. The van der Waals surface area contributed by atoms with Gasteiger partial charge >= 0.3 is 0 Å². The smallest absolute Gasteiger partial charge is 0.242 e. The molecule has 0 bridgehead atoms. The maximum absolute atomic E-state index is 12.0. The highest BCUT2D eigenvalue weighted by Gasteiger charge is 2.19. The molecule has 0 fully saturated rings. The summed E-state index contributed by atoms with van der Waals surface area (Å²) >= 11 is 0. The Hall–Kier alpha value is -1.31. The Labute approximate surface area is 120 Å². The zero-order chi connectivity index (χ0) is 15.6. The number of benzene rings is 1. The first kappa shape index (κ1) is 16.7. The van der Waals surface area contributed by atoms with E-state index in [0.717, 1.165) is 4.31 Å². The molecule has 0 saturated heterocycles. The molecule has 0 unspecified atom stereocenters. The van der Waals surface area contributed by atoms with Gasteiger partial charge in [0.25, 0.3) is 0 Å². The summed E-state index contributed by atoms with van der Waals surface area (Å²) in [5.41, 5.74) is 6.62. The molecule has 0 radical (unpaired) electrons. The van der Waals surface area contributed by atoms with Crippen LogP contribution < -0.4 is 11.1 Å². The third kappa shape index (κ3) is 3.84. The van der Waals surface area contributed by atoms with Crippen LogP contribution in [0, 0.1) is 5.41 Å². The molecule has 0 atom stereocenters. The first-order valence-corrected chi connectivity index (χ1v) is 7.71. The fraction of sp³-hybridized carbons (Fsp3) is 0.538. The van der Waals surface area contributed by atoms with Gasteiger partial charge in [0.1, 0.15) is 0 Å². The van der Waals surface area contributed by atoms with Crippen molar-refractivity contribution in [2.45, 2.75) is 18.7 Å². The highest BCUT2D eigenvalue weighted by atomic mass is 32.2. The van der Waals surface area contributed by atoms with Crippen LogP contribution in [0.15, 0.2) is 23.1 Å². The minimum absolute atomic E-state index is 0.0486. The lowest BCUT2D eigenvalue weighted by molar-refractivity contribution is 0.171. The Kier molecular flexibility index (Phi) is 5.01. The van der Waals surface area contributed by atoms with Gasteiger partial charge in [-0.2, -0.15) is 0 Å². The predicted molar refractivity (Wildman–Crippen MR) is 81.1 cm³/mol. The lowest BCUT2D eigenvalue weighted by Crippen LogP contribution is -2.27. The van der Waals surface area contributed by atoms with E-state index in [0.29, 0.717) is 17.9 Å². The number of hydrogen-bond acceptors (Lipinski definition) is 5. The zero-order valence-electron chi connectivity index (χ0n) is 12.3. The summed E-state index contributed by atoms with van der Waals surface area (Å²) in [5.74, 6) is 0. The standard InChI is InChI=1S/C13H23N3O3S/c1-13(2,9-17)8-15-12-6-5-10(7-11(12)14)20(18,19)16(3)4/h5-7,15,17H,8-9,14H2,1-4H3. The SMILES string of the molecule is CN(C)S(=O)(=O)c1ccc(NCC(C)(C)CO)c(N)c1. The monoisotopic (exact) mass is 301 g/mol. The number of rotatable bonds is 6. The van der Waals surface area contributed by atoms with Crippen LogP contribution in [0.1, 0.15) is 13.8 Å². The molecule has 0 aliphatic rings. The summed E-state index contributed by atoms with van der Waals surface area (Å²) in [5, 5.41) is 12.3. The van der Waals surface area contributed by atoms with Gasteiger partial charge in [-0.25, -0.2) is 12.7 Å². The molecule has 0 saturated carbocycles. The van der Waals surface area contributed by atoms with E-state index >= 15 is 0 Å². The van der Waals surface area contributed by atoms with Crippen LogP contribution in [0.4, 0.5) is 11.4 Å². The fourth-order valence-corrected chi connectivity index (χ4v) is 2.40. The van der Waals surface area contributed by atoms with E-state index in [1.165, 1.54) is 26.2 Å². The summed E-state index contributed by atoms with van der Waals surface area (Å²) in [6, 6.07) is 4.59. The van der Waals surface area contributed by atoms with Crippen molar-refractivity contribution >= 4 is 21.4 Å². The third-order valence-electron chi connectivity index (χ3n) is 2.99. The first-order valence-electron chi connectivity index (χ1n) is 6.27. The van der Waals surface area contributed by atoms with Gasteiger partial charge < -0.3 is 16.2 Å². The second-order valence-corrected chi connectivity index (χ2v) is 7.86. The summed E-state index contributed by atoms with van der Waals surface area (Å²) < 4.78 is 25.1. The van der Waals surface area contributed by atoms with Gasteiger partial charge in [-0.3, -0.25) is 0 Å². The van der Waals surface area contributed by atoms with Gasteiger partial charge in [-0.1, -0.05) is 13.8 Å². The number of sulfonamides is 1. The van der Waals surface area contributed by atoms with E-state index in [-0.39, 0.29) is 16.9 Å². The van der Waals surface area contributed by atoms with Crippen molar-refractivity contribution in [2.75, 3.05) is 38.3 Å². The molecule has 0 aromatic heterocycles. The molecule has 1 aromatic rings. The second kappa shape index (κ2) is 5.99. The lowest BCUT2D eigenvalue weighted by Gasteiger charge is -2.23. The number of nitrogens with zero attached hydrogens (tertiary/aromatic N) is 1. The maximum Gasteiger partial charge on any atom is 0.242 e. The maximum atomic E-state index is 12.0. The molecule has 6 nitrogen and oxygen atoms in total. The molecule has 7 heteroatoms. The zero-order valence-corrected chi connectivity index (χ0v) is 13.2. The van der Waals surface area contributed by atoms with E-state index in [2.05, 4.69) is 5.32 Å². The second-order valence-electron chi connectivity index (χ2n) is 5.71. The summed E-state index contributed by atoms with van der Waals surface area (Å²) in [6.45, 7) is 4.42. The van der Waals surface area contributed by atoms with Gasteiger partial charge in [0.15, 0.2) is 0 Å². The van der Waals surface area contributed by atoms with E-state index in [1.807, 2.05) is 13.8 Å². The molecule has 114 valence electrons. The molecule has 0 spiro atoms. The van der Waals surface area contributed by atoms with Crippen LogP contribution in [-0.4, -0.2) is 45.1 Å². The Bertz CT molecular complexity index is 568. The Balaban J connectivity index is 2.95. The van der Waals surface area contributed by atoms with Crippen molar-refractivity contribution in [2.24, 2.45) is 5.41 Å². The van der Waals surface area contributed by atoms with Crippen LogP contribution in [0.5, 0.6) is 0 Å². The van der Waals surface area contributed by atoms with Crippen molar-refractivity contribution in [3.05, 3.63) is 18.2 Å². The van der Waals surface area contributed by atoms with Crippen molar-refractivity contribution in [1.82, 2.24) is 4.31 Å². The molecule has 0 aliphatic heterocycles. The van der Waals surface area contributed by atoms with Crippen molar-refractivity contribution in [3.63, 3.8) is 0 Å². The quantitative estimate of drug-likeness (QED) is 0.680. The third-order valence-corrected chi connectivity index (χ3v) is 4.80. The van der Waals surface area contributed by atoms with Gasteiger partial charge in [-0.15, -0.1) is 0 Å². The Morgan fingerprint density at radius 1 is 1.35 bits per heavy atom. The van der Waals surface area contributed by atoms with Crippen molar-refractivity contribution in [3.8, 4) is 0 Å². The molecule has 0 heterocycles. The van der Waals surface area contributed by atoms with E-state index in [1.54, 1.807) is 6.07 Å². The fourth-order valence-electron chi connectivity index (χ4n) is 1.46. The van der Waals surface area contributed by atoms with E-state index in [9.17, 15) is 13.5 Å². The predicted octanol–water partition coefficient (Wildman–Crippen LogP) is 0.950. The van der Waals surface area contributed by atoms with Crippen molar-refractivity contribution < 1.29 is 13.5 Å². The molecule has 0 amide bonds.